The number of hydrogen-bond acceptors (Lipinski definition) is 5. The fourth-order valence-corrected chi connectivity index (χ4v) is 4.75. The first-order valence-electron chi connectivity index (χ1n) is 8.94. The Balaban J connectivity index is 1.68. The minimum absolute atomic E-state index is 0.409. The molecule has 0 bridgehead atoms. The largest absolute Gasteiger partial charge is 0.333 e. The highest BCUT2D eigenvalue weighted by molar-refractivity contribution is 7.84. The Bertz CT molecular complexity index is 1350. The van der Waals surface area contributed by atoms with Crippen LogP contribution in [0.5, 0.6) is 0 Å². The van der Waals surface area contributed by atoms with Gasteiger partial charge in [0.25, 0.3) is 0 Å². The second kappa shape index (κ2) is 8.33. The molecule has 4 aromatic rings. The monoisotopic (exact) mass is 460 g/mol. The Labute approximate surface area is 182 Å². The molecular weight excluding hydrogens is 444 g/mol. The summed E-state index contributed by atoms with van der Waals surface area (Å²) in [6.07, 6.45) is 0. The molecule has 1 aromatic heterocycles. The van der Waals surface area contributed by atoms with E-state index in [9.17, 15) is 13.2 Å². The first-order chi connectivity index (χ1) is 14.3. The van der Waals surface area contributed by atoms with E-state index < -0.39 is 28.7 Å². The second-order valence-corrected chi connectivity index (χ2v) is 9.28. The highest BCUT2D eigenvalue weighted by Gasteiger charge is 2.26. The highest BCUT2D eigenvalue weighted by atomic mass is 35.5. The fraction of sp³-hybridized carbons (Fsp3) is 0.0952. The van der Waals surface area contributed by atoms with Crippen molar-refractivity contribution in [3.8, 4) is 0 Å². The maximum Gasteiger partial charge on any atom is 0.333 e. The van der Waals surface area contributed by atoms with E-state index in [4.69, 9.17) is 20.9 Å². The van der Waals surface area contributed by atoms with Gasteiger partial charge in [0.2, 0.25) is 5.91 Å². The van der Waals surface area contributed by atoms with Crippen LogP contribution in [0.2, 0.25) is 5.02 Å². The van der Waals surface area contributed by atoms with Gasteiger partial charge in [0.1, 0.15) is 0 Å². The summed E-state index contributed by atoms with van der Waals surface area (Å²) in [6, 6.07) is 18.7. The Kier molecular flexibility index (Phi) is 5.77. The number of nitrogens with one attached hydrogen (secondary N) is 1. The van der Waals surface area contributed by atoms with E-state index in [1.54, 1.807) is 23.6 Å². The number of halogens is 1. The molecule has 9 heteroatoms. The van der Waals surface area contributed by atoms with E-state index in [0.29, 0.717) is 16.3 Å². The zero-order valence-electron chi connectivity index (χ0n) is 15.5. The molecule has 0 radical (unpaired) electrons. The Morgan fingerprint density at radius 3 is 2.63 bits per heavy atom. The van der Waals surface area contributed by atoms with Gasteiger partial charge in [-0.05, 0) is 57.4 Å². The lowest BCUT2D eigenvalue weighted by atomic mass is 9.98. The highest BCUT2D eigenvalue weighted by Crippen LogP contribution is 2.34. The molecule has 3 aromatic carbocycles. The quantitative estimate of drug-likeness (QED) is 0.437. The Morgan fingerprint density at radius 2 is 1.87 bits per heavy atom. The maximum atomic E-state index is 13.1. The summed E-state index contributed by atoms with van der Waals surface area (Å²) in [6.45, 7) is -0.420. The van der Waals surface area contributed by atoms with Gasteiger partial charge in [-0.1, -0.05) is 41.9 Å². The number of nitrogens with two attached hydrogens (primary N) is 1. The molecule has 0 spiro atoms. The molecule has 30 heavy (non-hydrogen) atoms. The van der Waals surface area contributed by atoms with Gasteiger partial charge in [-0.25, -0.2) is 5.14 Å². The van der Waals surface area contributed by atoms with Crippen LogP contribution in [0.3, 0.4) is 0 Å². The van der Waals surface area contributed by atoms with Crippen molar-refractivity contribution < 1.29 is 17.4 Å². The molecular formula is C21H17ClN2O4S2. The van der Waals surface area contributed by atoms with Crippen molar-refractivity contribution in [1.82, 2.24) is 0 Å². The minimum atomic E-state index is -4.21. The molecule has 1 unspecified atom stereocenters. The maximum absolute atomic E-state index is 13.1. The van der Waals surface area contributed by atoms with E-state index in [0.717, 1.165) is 20.9 Å². The molecule has 1 amide bonds. The predicted octanol–water partition coefficient (Wildman–Crippen LogP) is 4.65. The van der Waals surface area contributed by atoms with Crippen LogP contribution in [-0.4, -0.2) is 20.9 Å². The number of benzene rings is 3. The molecule has 0 aliphatic carbocycles. The molecule has 0 aliphatic heterocycles. The Morgan fingerprint density at radius 1 is 1.10 bits per heavy atom. The normalized spacial score (nSPS) is 12.9. The molecule has 0 saturated heterocycles. The number of anilines is 1. The fourth-order valence-electron chi connectivity index (χ4n) is 3.26. The number of rotatable bonds is 6. The van der Waals surface area contributed by atoms with E-state index in [-0.39, 0.29) is 0 Å². The van der Waals surface area contributed by atoms with Gasteiger partial charge < -0.3 is 5.32 Å². The van der Waals surface area contributed by atoms with Gasteiger partial charge in [0.15, 0.2) is 0 Å². The molecule has 6 nitrogen and oxygen atoms in total. The summed E-state index contributed by atoms with van der Waals surface area (Å²) >= 11 is 7.56. The molecule has 1 atom stereocenters. The zero-order chi connectivity index (χ0) is 21.3. The molecule has 0 saturated carbocycles. The van der Waals surface area contributed by atoms with Crippen LogP contribution in [0, 0.1) is 0 Å². The van der Waals surface area contributed by atoms with Gasteiger partial charge in [-0.2, -0.15) is 8.42 Å². The van der Waals surface area contributed by atoms with Crippen molar-refractivity contribution in [3.05, 3.63) is 76.6 Å². The average Bonchev–Trinajstić information content (AvgIpc) is 3.10. The molecule has 3 N–H and O–H groups in total. The van der Waals surface area contributed by atoms with E-state index in [2.05, 4.69) is 5.32 Å². The van der Waals surface area contributed by atoms with Gasteiger partial charge in [0, 0.05) is 15.4 Å². The summed E-state index contributed by atoms with van der Waals surface area (Å²) in [7, 11) is -4.21. The first-order valence-corrected chi connectivity index (χ1v) is 11.7. The summed E-state index contributed by atoms with van der Waals surface area (Å²) in [5.41, 5.74) is 1.22. The van der Waals surface area contributed by atoms with Crippen molar-refractivity contribution in [1.29, 1.82) is 0 Å². The van der Waals surface area contributed by atoms with Gasteiger partial charge in [0.05, 0.1) is 12.5 Å². The van der Waals surface area contributed by atoms with E-state index in [1.807, 2.05) is 42.5 Å². The molecule has 1 heterocycles. The molecule has 0 aliphatic rings. The second-order valence-electron chi connectivity index (χ2n) is 6.71. The third-order valence-corrected chi connectivity index (χ3v) is 6.35. The van der Waals surface area contributed by atoms with E-state index in [1.165, 1.54) is 11.3 Å². The standard InChI is InChI=1S/C21H17ClN2O4S2/c22-15-6-8-20-17(10-15)19(12-29-20)18(11-28-30(23,26)27)21(25)24-16-7-5-13-3-1-2-4-14(13)9-16/h1-10,12,18H,11H2,(H,24,25)(H2,23,26,27). The first kappa shape index (κ1) is 20.8. The lowest BCUT2D eigenvalue weighted by Crippen LogP contribution is -2.28. The van der Waals surface area contributed by atoms with Crippen LogP contribution in [0.15, 0.2) is 66.0 Å². The van der Waals surface area contributed by atoms with Gasteiger partial charge in [-0.15, -0.1) is 11.3 Å². The molecule has 4 rings (SSSR count). The lowest BCUT2D eigenvalue weighted by molar-refractivity contribution is -0.118. The number of fused-ring (bicyclic) bond motifs is 2. The number of thiophene rings is 1. The molecule has 0 fully saturated rings. The summed E-state index contributed by atoms with van der Waals surface area (Å²) in [4.78, 5) is 13.1. The van der Waals surface area contributed by atoms with Crippen molar-refractivity contribution in [2.45, 2.75) is 5.92 Å². The molecule has 154 valence electrons. The van der Waals surface area contributed by atoms with Crippen molar-refractivity contribution in [3.63, 3.8) is 0 Å². The predicted molar refractivity (Wildman–Crippen MR) is 121 cm³/mol. The third kappa shape index (κ3) is 4.63. The summed E-state index contributed by atoms with van der Waals surface area (Å²) < 4.78 is 28.4. The third-order valence-electron chi connectivity index (χ3n) is 4.67. The van der Waals surface area contributed by atoms with Crippen molar-refractivity contribution >= 4 is 65.7 Å². The smallest absolute Gasteiger partial charge is 0.325 e. The average molecular weight is 461 g/mol. The number of hydrogen-bond donors (Lipinski definition) is 2. The number of amides is 1. The number of carbonyl (C=O) groups excluding carboxylic acids is 1. The Hall–Kier alpha value is -2.49. The minimum Gasteiger partial charge on any atom is -0.325 e. The van der Waals surface area contributed by atoms with Gasteiger partial charge in [-0.3, -0.25) is 8.98 Å². The van der Waals surface area contributed by atoms with Crippen LogP contribution >= 0.6 is 22.9 Å². The van der Waals surface area contributed by atoms with Crippen molar-refractivity contribution in [2.24, 2.45) is 5.14 Å². The van der Waals surface area contributed by atoms with Crippen LogP contribution < -0.4 is 10.5 Å². The lowest BCUT2D eigenvalue weighted by Gasteiger charge is -2.16. The topological polar surface area (TPSA) is 98.5 Å². The number of carbonyl (C=O) groups is 1. The van der Waals surface area contributed by atoms with Crippen LogP contribution in [0.4, 0.5) is 5.69 Å². The van der Waals surface area contributed by atoms with E-state index >= 15 is 0 Å². The SMILES string of the molecule is NS(=O)(=O)OCC(C(=O)Nc1ccc2ccccc2c1)c1csc2ccc(Cl)cc12. The summed E-state index contributed by atoms with van der Waals surface area (Å²) in [5.74, 6) is -1.31. The van der Waals surface area contributed by atoms with Crippen molar-refractivity contribution in [2.75, 3.05) is 11.9 Å². The van der Waals surface area contributed by atoms with Gasteiger partial charge >= 0.3 is 10.3 Å². The summed E-state index contributed by atoms with van der Waals surface area (Å²) in [5, 5.41) is 12.9. The van der Waals surface area contributed by atoms with Crippen LogP contribution in [0.25, 0.3) is 20.9 Å². The van der Waals surface area contributed by atoms with Crippen LogP contribution in [0.1, 0.15) is 11.5 Å². The van der Waals surface area contributed by atoms with Crippen LogP contribution in [-0.2, 0) is 19.3 Å². The zero-order valence-corrected chi connectivity index (χ0v) is 17.9.